The summed E-state index contributed by atoms with van der Waals surface area (Å²) >= 11 is 0. The molecule has 4 aliphatic rings. The highest BCUT2D eigenvalue weighted by Crippen LogP contribution is 2.16. The largest absolute Gasteiger partial charge is 0.344 e. The zero-order valence-electron chi connectivity index (χ0n) is 12.2. The average molecular weight is 284 g/mol. The Labute approximate surface area is 122 Å². The highest BCUT2D eigenvalue weighted by Gasteiger charge is 1.96. The van der Waals surface area contributed by atoms with E-state index in [1.807, 2.05) is 0 Å². The van der Waals surface area contributed by atoms with Crippen LogP contribution in [0.2, 0.25) is 0 Å². The van der Waals surface area contributed by atoms with Crippen molar-refractivity contribution < 1.29 is 6.13 Å². The molecule has 0 heterocycles. The van der Waals surface area contributed by atoms with Gasteiger partial charge in [0.15, 0.2) is 0 Å². The minimum absolute atomic E-state index is 0. The van der Waals surface area contributed by atoms with Gasteiger partial charge in [0.05, 0.1) is 0 Å². The average Bonchev–Trinajstić information content (AvgIpc) is 2.49. The molecule has 0 amide bonds. The lowest BCUT2D eigenvalue weighted by molar-refractivity contribution is 0.504. The summed E-state index contributed by atoms with van der Waals surface area (Å²) < 4.78 is 0. The molecule has 0 spiro atoms. The Morgan fingerprint density at radius 2 is 0.389 bits per heavy atom. The van der Waals surface area contributed by atoms with Gasteiger partial charge in [0, 0.05) is 1.43 Å². The van der Waals surface area contributed by atoms with Crippen LogP contribution in [-0.2, 0) is 0 Å². The molecule has 4 aliphatic carbocycles. The third-order valence-corrected chi connectivity index (χ3v) is 3.35. The molecule has 4 saturated carbocycles. The molecule has 0 bridgehead atoms. The lowest BCUT2D eigenvalue weighted by Gasteiger charge is -2.05. The Morgan fingerprint density at radius 3 is 0.389 bits per heavy atom. The van der Waals surface area contributed by atoms with E-state index >= 15 is 0 Å². The van der Waals surface area contributed by atoms with Crippen LogP contribution in [0.5, 0.6) is 0 Å². The van der Waals surface area contributed by atoms with Gasteiger partial charge in [-0.15, -0.1) is 0 Å². The second-order valence-electron chi connectivity index (χ2n) is 5.30. The normalized spacial score (nSPS) is 20.0. The first-order valence-corrected chi connectivity index (χ1v) is 7.50. The maximum Gasteiger partial charge on any atom is 0 e. The Morgan fingerprint density at radius 1 is 0.333 bits per heavy atom. The maximum absolute atomic E-state index is 1.50. The van der Waals surface area contributed by atoms with Gasteiger partial charge in [-0.3, -0.25) is 4.70 Å². The van der Waals surface area contributed by atoms with Gasteiger partial charge in [-0.1, -0.05) is 96.3 Å². The molecule has 0 aliphatic heterocycles. The summed E-state index contributed by atoms with van der Waals surface area (Å²) in [5.74, 6) is 0. The summed E-state index contributed by atoms with van der Waals surface area (Å²) in [6, 6.07) is 0. The lowest BCUT2D eigenvalue weighted by Crippen LogP contribution is -1.85. The minimum Gasteiger partial charge on any atom is -0.344 e. The van der Waals surface area contributed by atoms with Crippen LogP contribution in [0.25, 0.3) is 0 Å². The molecule has 3 N–H and O–H groups in total. The molecular weight excluding hydrogens is 245 g/mol. The van der Waals surface area contributed by atoms with Gasteiger partial charge in [-0.25, -0.2) is 0 Å². The van der Waals surface area contributed by atoms with Crippen LogP contribution in [0.1, 0.15) is 97.7 Å². The number of halogens is 1. The molecule has 0 unspecified atom stereocenters. The smallest absolute Gasteiger partial charge is 0 e. The molecule has 1 nitrogen and oxygen atoms in total. The minimum atomic E-state index is 0. The van der Waals surface area contributed by atoms with Crippen molar-refractivity contribution >= 4 is 13.5 Å². The second kappa shape index (κ2) is 19.6. The zero-order chi connectivity index (χ0) is 10.6. The van der Waals surface area contributed by atoms with E-state index in [0.29, 0.717) is 0 Å². The van der Waals surface area contributed by atoms with Crippen molar-refractivity contribution in [1.29, 1.82) is 0 Å². The van der Waals surface area contributed by atoms with Crippen molar-refractivity contribution in [2.24, 2.45) is 0 Å². The standard InChI is InChI=1S/3C4H8.C3H6.FH.H3N.H2S.H2/c3*1-2-4-3-1;1-2-3-1;;;;/h3*1-4H2;1-3H2;1H;1H3;1H2;1H. The van der Waals surface area contributed by atoms with Crippen LogP contribution in [0.4, 0.5) is 4.70 Å². The molecule has 0 saturated heterocycles. The van der Waals surface area contributed by atoms with Crippen molar-refractivity contribution in [3.63, 3.8) is 0 Å². The summed E-state index contributed by atoms with van der Waals surface area (Å²) in [5.41, 5.74) is 0. The first-order valence-electron chi connectivity index (χ1n) is 7.50. The molecule has 0 aromatic heterocycles. The number of rotatable bonds is 0. The van der Waals surface area contributed by atoms with Gasteiger partial charge in [0.1, 0.15) is 0 Å². The summed E-state index contributed by atoms with van der Waals surface area (Å²) in [7, 11) is 0. The summed E-state index contributed by atoms with van der Waals surface area (Å²) in [5, 5.41) is 0. The summed E-state index contributed by atoms with van der Waals surface area (Å²) in [6.07, 6.45) is 22.5. The molecule has 0 aromatic rings. The number of hydrogen-bond acceptors (Lipinski definition) is 1. The Kier molecular flexibility index (Phi) is 25.4. The fourth-order valence-corrected chi connectivity index (χ4v) is 0.750. The van der Waals surface area contributed by atoms with Gasteiger partial charge < -0.3 is 6.15 Å². The van der Waals surface area contributed by atoms with Gasteiger partial charge in [0.2, 0.25) is 0 Å². The van der Waals surface area contributed by atoms with Crippen LogP contribution in [0, 0.1) is 0 Å². The van der Waals surface area contributed by atoms with E-state index in [9.17, 15) is 0 Å². The fourth-order valence-electron chi connectivity index (χ4n) is 0.750. The molecule has 116 valence electrons. The van der Waals surface area contributed by atoms with E-state index < -0.39 is 0 Å². The molecule has 3 heteroatoms. The monoisotopic (exact) mass is 283 g/mol. The highest BCUT2D eigenvalue weighted by molar-refractivity contribution is 7.59. The van der Waals surface area contributed by atoms with Crippen LogP contribution in [-0.4, -0.2) is 0 Å². The van der Waals surface area contributed by atoms with E-state index in [2.05, 4.69) is 0 Å². The molecular formula is C15H38FNS. The number of hydrogen-bond donors (Lipinski definition) is 1. The van der Waals surface area contributed by atoms with Crippen LogP contribution in [0.15, 0.2) is 0 Å². The maximum atomic E-state index is 1.50. The zero-order valence-corrected chi connectivity index (χ0v) is 13.2. The fraction of sp³-hybridized carbons (Fsp3) is 1.00. The summed E-state index contributed by atoms with van der Waals surface area (Å²) in [4.78, 5) is 0. The van der Waals surface area contributed by atoms with Gasteiger partial charge in [-0.05, 0) is 0 Å². The Hall–Kier alpha value is 0.240. The van der Waals surface area contributed by atoms with Crippen LogP contribution >= 0.6 is 13.5 Å². The third-order valence-electron chi connectivity index (χ3n) is 3.35. The van der Waals surface area contributed by atoms with Crippen molar-refractivity contribution in [1.82, 2.24) is 6.15 Å². The van der Waals surface area contributed by atoms with Gasteiger partial charge >= 0.3 is 0 Å². The van der Waals surface area contributed by atoms with E-state index in [0.717, 1.165) is 0 Å². The van der Waals surface area contributed by atoms with E-state index in [1.54, 1.807) is 0 Å². The third kappa shape index (κ3) is 21.5. The molecule has 18 heavy (non-hydrogen) atoms. The molecule has 0 aromatic carbocycles. The first-order chi connectivity index (χ1) is 7.50. The molecule has 4 rings (SSSR count). The molecule has 0 radical (unpaired) electrons. The van der Waals surface area contributed by atoms with Crippen molar-refractivity contribution in [3.05, 3.63) is 0 Å². The van der Waals surface area contributed by atoms with E-state index in [-0.39, 0.29) is 25.8 Å². The van der Waals surface area contributed by atoms with Gasteiger partial charge in [-0.2, -0.15) is 13.5 Å². The molecule has 4 fully saturated rings. The quantitative estimate of drug-likeness (QED) is 0.539. The van der Waals surface area contributed by atoms with Crippen molar-refractivity contribution in [2.75, 3.05) is 0 Å². The first kappa shape index (κ1) is 23.3. The second-order valence-corrected chi connectivity index (χ2v) is 5.30. The van der Waals surface area contributed by atoms with Crippen molar-refractivity contribution in [2.45, 2.75) is 96.3 Å². The topological polar surface area (TPSA) is 35.0 Å². The van der Waals surface area contributed by atoms with Gasteiger partial charge in [0.25, 0.3) is 0 Å². The van der Waals surface area contributed by atoms with Crippen LogP contribution in [0.3, 0.4) is 0 Å². The lowest BCUT2D eigenvalue weighted by atomic mass is 10.0. The predicted molar refractivity (Wildman–Crippen MR) is 89.3 cm³/mol. The van der Waals surface area contributed by atoms with E-state index in [4.69, 9.17) is 0 Å². The van der Waals surface area contributed by atoms with Crippen LogP contribution < -0.4 is 6.15 Å². The van der Waals surface area contributed by atoms with E-state index in [1.165, 1.54) is 96.3 Å². The summed E-state index contributed by atoms with van der Waals surface area (Å²) in [6.45, 7) is 0. The SMILES string of the molecule is C1CC1.C1CCC1.C1CCC1.C1CCC1.F.N.S.[HH]. The van der Waals surface area contributed by atoms with Crippen molar-refractivity contribution in [3.8, 4) is 0 Å². The Balaban J connectivity index is -0.0000000741. The highest BCUT2D eigenvalue weighted by atomic mass is 32.1. The Bertz CT molecular complexity index is 91.5. The molecule has 0 atom stereocenters. The predicted octanol–water partition coefficient (Wildman–Crippen LogP) is 6.52.